The first-order chi connectivity index (χ1) is 12.1. The molecule has 1 saturated heterocycles. The molecule has 2 aromatic rings. The van der Waals surface area contributed by atoms with E-state index in [1.807, 2.05) is 12.1 Å². The molecule has 0 spiro atoms. The molecule has 2 aliphatic heterocycles. The summed E-state index contributed by atoms with van der Waals surface area (Å²) in [5.74, 6) is -0.196. The van der Waals surface area contributed by atoms with E-state index in [0.29, 0.717) is 18.2 Å². The van der Waals surface area contributed by atoms with Gasteiger partial charge in [0.1, 0.15) is 6.61 Å². The number of esters is 1. The van der Waals surface area contributed by atoms with Gasteiger partial charge in [-0.15, -0.1) is 0 Å². The Hall–Kier alpha value is -1.91. The Morgan fingerprint density at radius 2 is 2.04 bits per heavy atom. The number of likely N-dealkylation sites (tertiary alicyclic amines) is 1. The van der Waals surface area contributed by atoms with E-state index in [4.69, 9.17) is 4.74 Å². The molecule has 0 radical (unpaired) electrons. The summed E-state index contributed by atoms with van der Waals surface area (Å²) in [6, 6.07) is 11.0. The maximum Gasteiger partial charge on any atom is 0.339 e. The largest absolute Gasteiger partial charge is 0.457 e. The molecule has 0 aromatic heterocycles. The van der Waals surface area contributed by atoms with Crippen molar-refractivity contribution in [1.82, 2.24) is 9.80 Å². The van der Waals surface area contributed by atoms with Gasteiger partial charge in [0.05, 0.1) is 5.56 Å². The molecule has 2 aromatic carbocycles. The number of hydrogen-bond acceptors (Lipinski definition) is 4. The van der Waals surface area contributed by atoms with Gasteiger partial charge in [-0.3, -0.25) is 4.90 Å². The summed E-state index contributed by atoms with van der Waals surface area (Å²) in [5.41, 5.74) is 3.15. The molecule has 4 rings (SSSR count). The van der Waals surface area contributed by atoms with Crippen LogP contribution in [0.25, 0.3) is 10.8 Å². The molecular weight excluding hydrogens is 312 g/mol. The zero-order valence-corrected chi connectivity index (χ0v) is 15.1. The van der Waals surface area contributed by atoms with E-state index in [1.165, 1.54) is 30.2 Å². The summed E-state index contributed by atoms with van der Waals surface area (Å²) in [6.45, 7) is 3.62. The van der Waals surface area contributed by atoms with E-state index < -0.39 is 0 Å². The normalized spacial score (nSPS) is 21.4. The zero-order valence-electron chi connectivity index (χ0n) is 15.1. The number of rotatable bonds is 3. The van der Waals surface area contributed by atoms with Gasteiger partial charge in [-0.1, -0.05) is 24.3 Å². The van der Waals surface area contributed by atoms with E-state index in [0.717, 1.165) is 30.6 Å². The maximum atomic E-state index is 12.1. The van der Waals surface area contributed by atoms with Crippen LogP contribution in [0.3, 0.4) is 0 Å². The second-order valence-electron chi connectivity index (χ2n) is 7.51. The van der Waals surface area contributed by atoms with Crippen LogP contribution < -0.4 is 0 Å². The van der Waals surface area contributed by atoms with Gasteiger partial charge in [-0.25, -0.2) is 4.79 Å². The van der Waals surface area contributed by atoms with Gasteiger partial charge >= 0.3 is 5.97 Å². The third-order valence-electron chi connectivity index (χ3n) is 5.71. The Kier molecular flexibility index (Phi) is 4.48. The van der Waals surface area contributed by atoms with Crippen LogP contribution in [0.1, 0.15) is 40.7 Å². The predicted octanol–water partition coefficient (Wildman–Crippen LogP) is 3.43. The molecule has 1 unspecified atom stereocenters. The lowest BCUT2D eigenvalue weighted by Crippen LogP contribution is -2.30. The summed E-state index contributed by atoms with van der Waals surface area (Å²) in [5, 5.41) is 2.30. The minimum Gasteiger partial charge on any atom is -0.457 e. The van der Waals surface area contributed by atoms with Gasteiger partial charge in [0.15, 0.2) is 0 Å². The first-order valence-corrected chi connectivity index (χ1v) is 9.23. The van der Waals surface area contributed by atoms with Crippen molar-refractivity contribution in [2.45, 2.75) is 38.5 Å². The van der Waals surface area contributed by atoms with Gasteiger partial charge in [-0.05, 0) is 69.0 Å². The van der Waals surface area contributed by atoms with E-state index in [1.54, 1.807) is 0 Å². The molecule has 2 heterocycles. The van der Waals surface area contributed by atoms with E-state index >= 15 is 0 Å². The number of nitrogens with zero attached hydrogens (tertiary/aromatic N) is 2. The lowest BCUT2D eigenvalue weighted by atomic mass is 9.94. The average molecular weight is 338 g/mol. The molecule has 4 heteroatoms. The number of hydrogen-bond donors (Lipinski definition) is 0. The van der Waals surface area contributed by atoms with Gasteiger partial charge in [0.2, 0.25) is 0 Å². The van der Waals surface area contributed by atoms with Crippen molar-refractivity contribution in [2.75, 3.05) is 27.2 Å². The Balaban J connectivity index is 1.62. The fraction of sp³-hybridized carbons (Fsp3) is 0.476. The van der Waals surface area contributed by atoms with Crippen LogP contribution in [0.15, 0.2) is 30.3 Å². The molecule has 0 bridgehead atoms. The molecule has 0 saturated carbocycles. The van der Waals surface area contributed by atoms with Gasteiger partial charge in [0, 0.05) is 18.0 Å². The Morgan fingerprint density at radius 1 is 1.16 bits per heavy atom. The topological polar surface area (TPSA) is 32.8 Å². The third kappa shape index (κ3) is 3.16. The predicted molar refractivity (Wildman–Crippen MR) is 99.7 cm³/mol. The molecule has 2 aliphatic rings. The number of benzene rings is 2. The average Bonchev–Trinajstić information content (AvgIpc) is 2.85. The quantitative estimate of drug-likeness (QED) is 0.803. The highest BCUT2D eigenvalue weighted by atomic mass is 16.5. The van der Waals surface area contributed by atoms with Crippen molar-refractivity contribution < 1.29 is 9.53 Å². The monoisotopic (exact) mass is 338 g/mol. The highest BCUT2D eigenvalue weighted by Gasteiger charge is 2.23. The molecule has 0 amide bonds. The minimum absolute atomic E-state index is 0.196. The molecule has 0 N–H and O–H groups in total. The number of ether oxygens (including phenoxy) is 1. The van der Waals surface area contributed by atoms with Crippen LogP contribution in [0.2, 0.25) is 0 Å². The number of carbonyl (C=O) groups is 1. The summed E-state index contributed by atoms with van der Waals surface area (Å²) < 4.78 is 5.28. The van der Waals surface area contributed by atoms with Crippen LogP contribution in [-0.4, -0.2) is 49.0 Å². The molecule has 0 aliphatic carbocycles. The maximum absolute atomic E-state index is 12.1. The lowest BCUT2D eigenvalue weighted by Gasteiger charge is -2.24. The summed E-state index contributed by atoms with van der Waals surface area (Å²) in [6.07, 6.45) is 3.75. The first kappa shape index (κ1) is 16.6. The Bertz CT molecular complexity index is 800. The van der Waals surface area contributed by atoms with Crippen molar-refractivity contribution in [1.29, 1.82) is 0 Å². The Labute approximate surface area is 149 Å². The summed E-state index contributed by atoms with van der Waals surface area (Å²) in [7, 11) is 4.37. The van der Waals surface area contributed by atoms with Crippen LogP contribution in [0.4, 0.5) is 0 Å². The van der Waals surface area contributed by atoms with Gasteiger partial charge in [-0.2, -0.15) is 0 Å². The highest BCUT2D eigenvalue weighted by molar-refractivity contribution is 6.08. The zero-order chi connectivity index (χ0) is 17.4. The van der Waals surface area contributed by atoms with Gasteiger partial charge in [0.25, 0.3) is 0 Å². The SMILES string of the molecule is CN(C)C1CCCN(Cc2ccc3c4c(cccc24)C(=O)OC3)CC1. The van der Waals surface area contributed by atoms with Crippen LogP contribution in [0, 0.1) is 0 Å². The third-order valence-corrected chi connectivity index (χ3v) is 5.71. The fourth-order valence-corrected chi connectivity index (χ4v) is 4.24. The number of carbonyl (C=O) groups excluding carboxylic acids is 1. The second kappa shape index (κ2) is 6.77. The van der Waals surface area contributed by atoms with Crippen LogP contribution in [-0.2, 0) is 17.9 Å². The second-order valence-corrected chi connectivity index (χ2v) is 7.51. The molecule has 1 fully saturated rings. The Morgan fingerprint density at radius 3 is 2.88 bits per heavy atom. The van der Waals surface area contributed by atoms with E-state index in [2.05, 4.69) is 42.1 Å². The van der Waals surface area contributed by atoms with Gasteiger partial charge < -0.3 is 9.64 Å². The lowest BCUT2D eigenvalue weighted by molar-refractivity contribution is 0.0463. The molecule has 25 heavy (non-hydrogen) atoms. The van der Waals surface area contributed by atoms with Crippen molar-refractivity contribution in [3.63, 3.8) is 0 Å². The molecular formula is C21H26N2O2. The molecule has 1 atom stereocenters. The highest BCUT2D eigenvalue weighted by Crippen LogP contribution is 2.31. The molecule has 4 nitrogen and oxygen atoms in total. The summed E-state index contributed by atoms with van der Waals surface area (Å²) in [4.78, 5) is 17.0. The fourth-order valence-electron chi connectivity index (χ4n) is 4.24. The van der Waals surface area contributed by atoms with Crippen LogP contribution >= 0.6 is 0 Å². The van der Waals surface area contributed by atoms with Crippen LogP contribution in [0.5, 0.6) is 0 Å². The van der Waals surface area contributed by atoms with Crippen molar-refractivity contribution in [3.05, 3.63) is 47.0 Å². The van der Waals surface area contributed by atoms with Crippen molar-refractivity contribution in [2.24, 2.45) is 0 Å². The molecule has 132 valence electrons. The van der Waals surface area contributed by atoms with Crippen molar-refractivity contribution >= 4 is 16.7 Å². The summed E-state index contributed by atoms with van der Waals surface area (Å²) >= 11 is 0. The smallest absolute Gasteiger partial charge is 0.339 e. The minimum atomic E-state index is -0.196. The first-order valence-electron chi connectivity index (χ1n) is 9.23. The van der Waals surface area contributed by atoms with Crippen molar-refractivity contribution in [3.8, 4) is 0 Å². The standard InChI is InChI=1S/C21H26N2O2/c1-22(2)17-5-4-11-23(12-10-17)13-15-8-9-16-14-25-21(24)19-7-3-6-18(15)20(16)19/h3,6-9,17H,4-5,10-14H2,1-2H3. The number of cyclic esters (lactones) is 1. The van der Waals surface area contributed by atoms with E-state index in [9.17, 15) is 4.79 Å². The van der Waals surface area contributed by atoms with E-state index in [-0.39, 0.29) is 5.97 Å².